The van der Waals surface area contributed by atoms with Gasteiger partial charge in [0.15, 0.2) is 0 Å². The molecular formula is C7H6LiNO4. The predicted octanol–water partition coefficient (Wildman–Crippen LogP) is -2.41. The van der Waals surface area contributed by atoms with Crippen molar-refractivity contribution in [3.63, 3.8) is 0 Å². The van der Waals surface area contributed by atoms with Gasteiger partial charge in [-0.25, -0.2) is 14.6 Å². The third-order valence-corrected chi connectivity index (χ3v) is 1.19. The van der Waals surface area contributed by atoms with E-state index >= 15 is 0 Å². The molecule has 0 atom stereocenters. The van der Waals surface area contributed by atoms with Crippen LogP contribution < -0.4 is 18.9 Å². The standard InChI is InChI=1S/C7H5NO4.Li.H/c9-6(10)4-2-1-3-5(8-4)7(11)12;;/h1-3H,(H,9,10)(H,11,12);;/q;+1;-1. The Hall–Kier alpha value is -1.31. The zero-order valence-electron chi connectivity index (χ0n) is 7.89. The maximum Gasteiger partial charge on any atom is 1.00 e. The molecule has 0 unspecified atom stereocenters. The van der Waals surface area contributed by atoms with Crippen molar-refractivity contribution in [2.45, 2.75) is 0 Å². The number of carboxylic acid groups (broad SMARTS) is 2. The van der Waals surface area contributed by atoms with Crippen molar-refractivity contribution < 1.29 is 40.1 Å². The molecule has 1 rings (SSSR count). The number of hydrogen-bond acceptors (Lipinski definition) is 3. The van der Waals surface area contributed by atoms with Gasteiger partial charge in [-0.3, -0.25) is 0 Å². The third-order valence-electron chi connectivity index (χ3n) is 1.19. The van der Waals surface area contributed by atoms with Crippen molar-refractivity contribution in [1.29, 1.82) is 0 Å². The Morgan fingerprint density at radius 3 is 1.85 bits per heavy atom. The minimum Gasteiger partial charge on any atom is -1.00 e. The van der Waals surface area contributed by atoms with Crippen molar-refractivity contribution in [3.05, 3.63) is 29.6 Å². The van der Waals surface area contributed by atoms with Crippen molar-refractivity contribution in [1.82, 2.24) is 4.98 Å². The predicted molar refractivity (Wildman–Crippen MR) is 39.3 cm³/mol. The number of rotatable bonds is 2. The molecule has 5 nitrogen and oxygen atoms in total. The van der Waals surface area contributed by atoms with E-state index in [1.54, 1.807) is 0 Å². The quantitative estimate of drug-likeness (QED) is 0.489. The van der Waals surface area contributed by atoms with Crippen LogP contribution in [0.5, 0.6) is 0 Å². The fourth-order valence-corrected chi connectivity index (χ4v) is 0.673. The molecule has 0 spiro atoms. The summed E-state index contributed by atoms with van der Waals surface area (Å²) < 4.78 is 0. The summed E-state index contributed by atoms with van der Waals surface area (Å²) in [4.78, 5) is 24.0. The SMILES string of the molecule is O=C(O)c1cccc(C(=O)O)n1.[H-].[Li+]. The van der Waals surface area contributed by atoms with Gasteiger partial charge in [-0.15, -0.1) is 0 Å². The Kier molecular flexibility index (Phi) is 4.18. The molecule has 0 aliphatic carbocycles. The first kappa shape index (κ1) is 11.7. The maximum absolute atomic E-state index is 10.3. The first-order chi connectivity index (χ1) is 5.61. The van der Waals surface area contributed by atoms with Crippen LogP contribution in [-0.4, -0.2) is 27.1 Å². The van der Waals surface area contributed by atoms with E-state index in [1.807, 2.05) is 0 Å². The molecule has 0 aromatic carbocycles. The van der Waals surface area contributed by atoms with Crippen molar-refractivity contribution >= 4 is 11.9 Å². The molecule has 6 heteroatoms. The van der Waals surface area contributed by atoms with Gasteiger partial charge in [0.1, 0.15) is 11.4 Å². The molecule has 1 aromatic rings. The molecule has 13 heavy (non-hydrogen) atoms. The van der Waals surface area contributed by atoms with E-state index in [1.165, 1.54) is 18.2 Å². The van der Waals surface area contributed by atoms with Gasteiger partial charge in [-0.1, -0.05) is 6.07 Å². The molecule has 1 aromatic heterocycles. The number of carboxylic acids is 2. The summed E-state index contributed by atoms with van der Waals surface area (Å²) in [5.74, 6) is -2.48. The van der Waals surface area contributed by atoms with E-state index in [-0.39, 0.29) is 31.7 Å². The molecule has 1 heterocycles. The number of aromatic nitrogens is 1. The van der Waals surface area contributed by atoms with Crippen LogP contribution in [0.1, 0.15) is 22.4 Å². The summed E-state index contributed by atoms with van der Waals surface area (Å²) in [6.45, 7) is 0. The summed E-state index contributed by atoms with van der Waals surface area (Å²) in [6.07, 6.45) is 0. The Morgan fingerprint density at radius 2 is 1.54 bits per heavy atom. The van der Waals surface area contributed by atoms with Gasteiger partial charge in [0, 0.05) is 0 Å². The molecule has 0 saturated heterocycles. The van der Waals surface area contributed by atoms with Crippen LogP contribution in [0, 0.1) is 0 Å². The summed E-state index contributed by atoms with van der Waals surface area (Å²) in [5, 5.41) is 16.9. The summed E-state index contributed by atoms with van der Waals surface area (Å²) in [6, 6.07) is 3.80. The fraction of sp³-hybridized carbons (Fsp3) is 0. The Labute approximate surface area is 87.1 Å². The molecule has 2 N–H and O–H groups in total. The van der Waals surface area contributed by atoms with Crippen molar-refractivity contribution in [3.8, 4) is 0 Å². The zero-order chi connectivity index (χ0) is 9.14. The molecule has 0 saturated carbocycles. The number of nitrogens with zero attached hydrogens (tertiary/aromatic N) is 1. The minimum atomic E-state index is -1.24. The molecule has 64 valence electrons. The summed E-state index contributed by atoms with van der Waals surface area (Å²) in [7, 11) is 0. The smallest absolute Gasteiger partial charge is 1.00 e. The average Bonchev–Trinajstić information content (AvgIpc) is 2.04. The maximum atomic E-state index is 10.3. The van der Waals surface area contributed by atoms with Gasteiger partial charge in [-0.2, -0.15) is 0 Å². The van der Waals surface area contributed by atoms with Crippen molar-refractivity contribution in [2.24, 2.45) is 0 Å². The summed E-state index contributed by atoms with van der Waals surface area (Å²) >= 11 is 0. The largest absolute Gasteiger partial charge is 1.00 e. The molecule has 0 aliphatic heterocycles. The number of aromatic carboxylic acids is 2. The third kappa shape index (κ3) is 2.90. The van der Waals surface area contributed by atoms with E-state index in [9.17, 15) is 9.59 Å². The number of pyridine rings is 1. The van der Waals surface area contributed by atoms with Gasteiger partial charge in [0.05, 0.1) is 0 Å². The van der Waals surface area contributed by atoms with E-state index in [0.717, 1.165) is 0 Å². The molecule has 0 fully saturated rings. The number of hydrogen-bond donors (Lipinski definition) is 2. The normalized spacial score (nSPS) is 8.62. The molecular weight excluding hydrogens is 169 g/mol. The van der Waals surface area contributed by atoms with E-state index in [0.29, 0.717) is 0 Å². The Balaban J connectivity index is 0. The van der Waals surface area contributed by atoms with Crippen LogP contribution in [0.4, 0.5) is 0 Å². The first-order valence-electron chi connectivity index (χ1n) is 3.05. The first-order valence-corrected chi connectivity index (χ1v) is 3.05. The van der Waals surface area contributed by atoms with Gasteiger partial charge in [0.25, 0.3) is 0 Å². The van der Waals surface area contributed by atoms with Gasteiger partial charge in [-0.05, 0) is 12.1 Å². The zero-order valence-corrected chi connectivity index (χ0v) is 6.89. The fourth-order valence-electron chi connectivity index (χ4n) is 0.673. The Bertz CT molecular complexity index is 315. The monoisotopic (exact) mass is 175 g/mol. The minimum absolute atomic E-state index is 0. The molecule has 0 aliphatic rings. The Morgan fingerprint density at radius 1 is 1.15 bits per heavy atom. The van der Waals surface area contributed by atoms with Crippen LogP contribution in [-0.2, 0) is 0 Å². The molecule has 0 bridgehead atoms. The van der Waals surface area contributed by atoms with Crippen LogP contribution in [0.3, 0.4) is 0 Å². The van der Waals surface area contributed by atoms with Crippen LogP contribution in [0.25, 0.3) is 0 Å². The summed E-state index contributed by atoms with van der Waals surface area (Å²) in [5.41, 5.74) is -0.537. The van der Waals surface area contributed by atoms with Crippen molar-refractivity contribution in [2.75, 3.05) is 0 Å². The van der Waals surface area contributed by atoms with Gasteiger partial charge in [0.2, 0.25) is 0 Å². The molecule has 0 amide bonds. The average molecular weight is 175 g/mol. The second-order valence-corrected chi connectivity index (χ2v) is 2.02. The second-order valence-electron chi connectivity index (χ2n) is 2.02. The van der Waals surface area contributed by atoms with E-state index < -0.39 is 11.9 Å². The van der Waals surface area contributed by atoms with Crippen LogP contribution in [0.15, 0.2) is 18.2 Å². The van der Waals surface area contributed by atoms with Crippen LogP contribution >= 0.6 is 0 Å². The van der Waals surface area contributed by atoms with Crippen LogP contribution in [0.2, 0.25) is 0 Å². The van der Waals surface area contributed by atoms with E-state index in [4.69, 9.17) is 10.2 Å². The van der Waals surface area contributed by atoms with Gasteiger partial charge >= 0.3 is 30.8 Å². The van der Waals surface area contributed by atoms with E-state index in [2.05, 4.69) is 4.98 Å². The second kappa shape index (κ2) is 4.65. The van der Waals surface area contributed by atoms with Gasteiger partial charge < -0.3 is 11.6 Å². The molecule has 0 radical (unpaired) electrons. The topological polar surface area (TPSA) is 87.5 Å². The number of carbonyl (C=O) groups is 2.